The molecule has 0 aliphatic rings. The molecule has 0 atom stereocenters. The van der Waals surface area contributed by atoms with Crippen molar-refractivity contribution >= 4 is 53.1 Å². The summed E-state index contributed by atoms with van der Waals surface area (Å²) in [7, 11) is 0. The van der Waals surface area contributed by atoms with Crippen LogP contribution in [0.5, 0.6) is 0 Å². The molecule has 6 rings (SSSR count). The molecule has 126 valence electrons. The van der Waals surface area contributed by atoms with Gasteiger partial charge in [-0.3, -0.25) is 0 Å². The lowest BCUT2D eigenvalue weighted by molar-refractivity contribution is 1.67. The molecule has 1 aromatic heterocycles. The fraction of sp³-hybridized carbons (Fsp3) is 0. The quantitative estimate of drug-likeness (QED) is 0.260. The van der Waals surface area contributed by atoms with E-state index in [0.717, 1.165) is 0 Å². The molecule has 0 fully saturated rings. The number of hydrogen-bond donors (Lipinski definition) is 0. The van der Waals surface area contributed by atoms with E-state index < -0.39 is 0 Å². The van der Waals surface area contributed by atoms with Gasteiger partial charge in [0.15, 0.2) is 0 Å². The van der Waals surface area contributed by atoms with Gasteiger partial charge in [-0.2, -0.15) is 0 Å². The van der Waals surface area contributed by atoms with Crippen LogP contribution in [0.15, 0.2) is 97.1 Å². The zero-order valence-electron chi connectivity index (χ0n) is 14.6. The van der Waals surface area contributed by atoms with Crippen LogP contribution < -0.4 is 0 Å². The molecular formula is C26H16S. The van der Waals surface area contributed by atoms with Crippen molar-refractivity contribution in [2.75, 3.05) is 0 Å². The third-order valence-corrected chi connectivity index (χ3v) is 6.73. The Morgan fingerprint density at radius 3 is 1.78 bits per heavy atom. The zero-order valence-corrected chi connectivity index (χ0v) is 15.5. The van der Waals surface area contributed by atoms with Crippen LogP contribution in [-0.2, 0) is 0 Å². The molecular weight excluding hydrogens is 344 g/mol. The molecule has 27 heavy (non-hydrogen) atoms. The zero-order chi connectivity index (χ0) is 17.8. The third kappa shape index (κ3) is 2.09. The highest BCUT2D eigenvalue weighted by Gasteiger charge is 2.15. The van der Waals surface area contributed by atoms with E-state index in [1.807, 2.05) is 11.3 Å². The molecule has 0 bridgehead atoms. The summed E-state index contributed by atoms with van der Waals surface area (Å²) in [5.41, 5.74) is 2.60. The van der Waals surface area contributed by atoms with E-state index in [0.29, 0.717) is 0 Å². The van der Waals surface area contributed by atoms with Gasteiger partial charge >= 0.3 is 0 Å². The van der Waals surface area contributed by atoms with Gasteiger partial charge in [-0.15, -0.1) is 11.3 Å². The lowest BCUT2D eigenvalue weighted by atomic mass is 9.96. The number of hydrogen-bond acceptors (Lipinski definition) is 1. The van der Waals surface area contributed by atoms with Gasteiger partial charge in [0, 0.05) is 25.6 Å². The third-order valence-electron chi connectivity index (χ3n) is 5.46. The topological polar surface area (TPSA) is 0 Å². The molecule has 0 radical (unpaired) electrons. The van der Waals surface area contributed by atoms with E-state index in [1.54, 1.807) is 0 Å². The van der Waals surface area contributed by atoms with Crippen molar-refractivity contribution in [2.24, 2.45) is 0 Å². The van der Waals surface area contributed by atoms with Crippen molar-refractivity contribution in [1.29, 1.82) is 0 Å². The molecule has 1 heterocycles. The highest BCUT2D eigenvalue weighted by atomic mass is 32.1. The summed E-state index contributed by atoms with van der Waals surface area (Å²) < 4.78 is 2.77. The molecule has 0 unspecified atom stereocenters. The van der Waals surface area contributed by atoms with Crippen LogP contribution in [0.25, 0.3) is 52.8 Å². The van der Waals surface area contributed by atoms with Crippen LogP contribution in [0, 0.1) is 0 Å². The minimum atomic E-state index is 1.28. The number of fused-ring (bicyclic) bond motifs is 8. The number of rotatable bonds is 1. The van der Waals surface area contributed by atoms with Crippen molar-refractivity contribution in [3.05, 3.63) is 97.1 Å². The summed E-state index contributed by atoms with van der Waals surface area (Å²) in [6, 6.07) is 35.1. The lowest BCUT2D eigenvalue weighted by Crippen LogP contribution is -1.80. The molecule has 0 saturated carbocycles. The minimum Gasteiger partial charge on any atom is -0.134 e. The van der Waals surface area contributed by atoms with E-state index in [4.69, 9.17) is 0 Å². The number of thiophene rings is 1. The predicted octanol–water partition coefficient (Wildman–Crippen LogP) is 8.03. The summed E-state index contributed by atoms with van der Waals surface area (Å²) in [5.74, 6) is 0. The molecule has 0 amide bonds. The molecule has 0 aliphatic heterocycles. The second-order valence-corrected chi connectivity index (χ2v) is 7.97. The molecule has 1 heteroatoms. The second kappa shape index (κ2) is 5.67. The van der Waals surface area contributed by atoms with Crippen molar-refractivity contribution in [2.45, 2.75) is 0 Å². The van der Waals surface area contributed by atoms with Crippen LogP contribution in [0.4, 0.5) is 0 Å². The van der Waals surface area contributed by atoms with Gasteiger partial charge in [-0.05, 0) is 27.3 Å². The molecule has 5 aromatic carbocycles. The Labute approximate surface area is 161 Å². The maximum absolute atomic E-state index is 2.28. The Morgan fingerprint density at radius 2 is 1.00 bits per heavy atom. The first-order chi connectivity index (χ1) is 13.4. The van der Waals surface area contributed by atoms with Crippen LogP contribution in [0.3, 0.4) is 0 Å². The summed E-state index contributed by atoms with van der Waals surface area (Å²) >= 11 is 1.93. The monoisotopic (exact) mass is 360 g/mol. The van der Waals surface area contributed by atoms with Gasteiger partial charge in [0.2, 0.25) is 0 Å². The second-order valence-electron chi connectivity index (χ2n) is 6.95. The van der Waals surface area contributed by atoms with E-state index in [1.165, 1.54) is 52.8 Å². The standard InChI is InChI=1S/C26H16S/c1-2-9-17(10-3-1)18-15-8-16-23-24-21-13-6-4-11-19(21)20-12-5-7-14-22(20)26(24)27-25(18)23/h1-16H. The minimum absolute atomic E-state index is 1.28. The summed E-state index contributed by atoms with van der Waals surface area (Å²) in [4.78, 5) is 0. The van der Waals surface area contributed by atoms with Crippen LogP contribution >= 0.6 is 11.3 Å². The summed E-state index contributed by atoms with van der Waals surface area (Å²) in [5, 5.41) is 8.13. The molecule has 0 aliphatic carbocycles. The lowest BCUT2D eigenvalue weighted by Gasteiger charge is -2.07. The normalized spacial score (nSPS) is 11.7. The van der Waals surface area contributed by atoms with E-state index >= 15 is 0 Å². The van der Waals surface area contributed by atoms with E-state index in [-0.39, 0.29) is 0 Å². The van der Waals surface area contributed by atoms with Gasteiger partial charge < -0.3 is 0 Å². The Morgan fingerprint density at radius 1 is 0.407 bits per heavy atom. The van der Waals surface area contributed by atoms with Gasteiger partial charge in [-0.1, -0.05) is 97.1 Å². The Bertz CT molecular complexity index is 1460. The molecule has 0 spiro atoms. The van der Waals surface area contributed by atoms with Crippen LogP contribution in [-0.4, -0.2) is 0 Å². The Kier molecular flexibility index (Phi) is 3.14. The van der Waals surface area contributed by atoms with E-state index in [2.05, 4.69) is 97.1 Å². The first-order valence-corrected chi connectivity index (χ1v) is 10.0. The molecule has 6 aromatic rings. The van der Waals surface area contributed by atoms with Crippen molar-refractivity contribution in [1.82, 2.24) is 0 Å². The molecule has 0 saturated heterocycles. The highest BCUT2D eigenvalue weighted by Crippen LogP contribution is 2.46. The first-order valence-electron chi connectivity index (χ1n) is 9.22. The smallest absolute Gasteiger partial charge is 0.0440 e. The van der Waals surface area contributed by atoms with Crippen molar-refractivity contribution in [3.63, 3.8) is 0 Å². The Balaban J connectivity index is 1.89. The van der Waals surface area contributed by atoms with Crippen LogP contribution in [0.2, 0.25) is 0 Å². The fourth-order valence-electron chi connectivity index (χ4n) is 4.27. The van der Waals surface area contributed by atoms with Gasteiger partial charge in [-0.25, -0.2) is 0 Å². The number of benzene rings is 5. The van der Waals surface area contributed by atoms with Crippen LogP contribution in [0.1, 0.15) is 0 Å². The first kappa shape index (κ1) is 15.0. The van der Waals surface area contributed by atoms with Crippen molar-refractivity contribution in [3.8, 4) is 11.1 Å². The Hall–Kier alpha value is -3.16. The SMILES string of the molecule is c1ccc(-c2cccc3c2sc2c4ccccc4c4ccccc4c32)cc1. The molecule has 0 nitrogen and oxygen atoms in total. The highest BCUT2D eigenvalue weighted by molar-refractivity contribution is 7.27. The van der Waals surface area contributed by atoms with Gasteiger partial charge in [0.25, 0.3) is 0 Å². The largest absolute Gasteiger partial charge is 0.134 e. The van der Waals surface area contributed by atoms with Crippen molar-refractivity contribution < 1.29 is 0 Å². The summed E-state index contributed by atoms with van der Waals surface area (Å²) in [6.45, 7) is 0. The molecule has 0 N–H and O–H groups in total. The predicted molar refractivity (Wildman–Crippen MR) is 120 cm³/mol. The van der Waals surface area contributed by atoms with E-state index in [9.17, 15) is 0 Å². The average Bonchev–Trinajstić information content (AvgIpc) is 3.15. The van der Waals surface area contributed by atoms with Gasteiger partial charge in [0.05, 0.1) is 0 Å². The summed E-state index contributed by atoms with van der Waals surface area (Å²) in [6.07, 6.45) is 0. The maximum Gasteiger partial charge on any atom is 0.0440 e. The fourth-order valence-corrected chi connectivity index (χ4v) is 5.66. The average molecular weight is 360 g/mol. The maximum atomic E-state index is 2.28. The van der Waals surface area contributed by atoms with Gasteiger partial charge in [0.1, 0.15) is 0 Å².